The average Bonchev–Trinajstić information content (AvgIpc) is 2.34. The lowest BCUT2D eigenvalue weighted by Crippen LogP contribution is -2.23. The Morgan fingerprint density at radius 1 is 1.39 bits per heavy atom. The summed E-state index contributed by atoms with van der Waals surface area (Å²) in [4.78, 5) is 0. The van der Waals surface area contributed by atoms with E-state index in [1.54, 1.807) is 12.1 Å². The highest BCUT2D eigenvalue weighted by atomic mass is 79.9. The molecule has 0 spiro atoms. The lowest BCUT2D eigenvalue weighted by atomic mass is 10.0. The van der Waals surface area contributed by atoms with Crippen molar-refractivity contribution in [2.75, 3.05) is 13.2 Å². The van der Waals surface area contributed by atoms with Crippen LogP contribution in [0, 0.1) is 11.7 Å². The SMILES string of the molecule is CCCC(CCO)CNCc1ccc(F)c(Br)c1. The molecule has 0 bridgehead atoms. The van der Waals surface area contributed by atoms with Crippen LogP contribution in [-0.4, -0.2) is 18.3 Å². The molecule has 18 heavy (non-hydrogen) atoms. The zero-order valence-corrected chi connectivity index (χ0v) is 12.3. The Bertz CT molecular complexity index is 354. The van der Waals surface area contributed by atoms with Gasteiger partial charge < -0.3 is 10.4 Å². The second kappa shape index (κ2) is 8.62. The number of hydrogen-bond donors (Lipinski definition) is 2. The molecule has 0 aliphatic rings. The summed E-state index contributed by atoms with van der Waals surface area (Å²) in [5.41, 5.74) is 1.06. The van der Waals surface area contributed by atoms with Crippen molar-refractivity contribution in [2.24, 2.45) is 5.92 Å². The first-order chi connectivity index (χ1) is 8.67. The number of halogens is 2. The molecule has 1 aromatic rings. The zero-order chi connectivity index (χ0) is 13.4. The second-order valence-electron chi connectivity index (χ2n) is 4.55. The van der Waals surface area contributed by atoms with E-state index in [1.165, 1.54) is 6.07 Å². The van der Waals surface area contributed by atoms with Crippen LogP contribution < -0.4 is 5.32 Å². The van der Waals surface area contributed by atoms with Crippen LogP contribution in [0.15, 0.2) is 22.7 Å². The fourth-order valence-corrected chi connectivity index (χ4v) is 2.44. The quantitative estimate of drug-likeness (QED) is 0.769. The molecule has 0 aromatic heterocycles. The normalized spacial score (nSPS) is 12.7. The summed E-state index contributed by atoms with van der Waals surface area (Å²) in [7, 11) is 0. The summed E-state index contributed by atoms with van der Waals surface area (Å²) < 4.78 is 13.6. The van der Waals surface area contributed by atoms with E-state index in [-0.39, 0.29) is 12.4 Å². The maximum absolute atomic E-state index is 13.1. The molecule has 1 aromatic carbocycles. The number of hydrogen-bond acceptors (Lipinski definition) is 2. The summed E-state index contributed by atoms with van der Waals surface area (Å²) in [6.45, 7) is 4.02. The van der Waals surface area contributed by atoms with E-state index in [0.717, 1.165) is 37.9 Å². The van der Waals surface area contributed by atoms with Crippen molar-refractivity contribution in [3.63, 3.8) is 0 Å². The van der Waals surface area contributed by atoms with E-state index in [2.05, 4.69) is 28.2 Å². The predicted molar refractivity (Wildman–Crippen MR) is 75.9 cm³/mol. The molecule has 0 saturated heterocycles. The Kier molecular flexibility index (Phi) is 7.47. The molecular formula is C14H21BrFNO. The summed E-state index contributed by atoms with van der Waals surface area (Å²) in [6.07, 6.45) is 3.10. The van der Waals surface area contributed by atoms with Gasteiger partial charge in [-0.05, 0) is 58.9 Å². The smallest absolute Gasteiger partial charge is 0.137 e. The summed E-state index contributed by atoms with van der Waals surface area (Å²) in [5, 5.41) is 12.3. The van der Waals surface area contributed by atoms with Crippen LogP contribution in [-0.2, 0) is 6.54 Å². The summed E-state index contributed by atoms with van der Waals surface area (Å²) >= 11 is 3.18. The lowest BCUT2D eigenvalue weighted by Gasteiger charge is -2.15. The van der Waals surface area contributed by atoms with Gasteiger partial charge in [-0.2, -0.15) is 0 Å². The largest absolute Gasteiger partial charge is 0.396 e. The molecule has 1 atom stereocenters. The van der Waals surface area contributed by atoms with Crippen molar-refractivity contribution in [2.45, 2.75) is 32.7 Å². The standard InChI is InChI=1S/C14H21BrFNO/c1-2-3-11(6-7-18)9-17-10-12-4-5-14(16)13(15)8-12/h4-5,8,11,17-18H,2-3,6-7,9-10H2,1H3. The fourth-order valence-electron chi connectivity index (χ4n) is 2.01. The van der Waals surface area contributed by atoms with Crippen molar-refractivity contribution in [1.82, 2.24) is 5.32 Å². The lowest BCUT2D eigenvalue weighted by molar-refractivity contribution is 0.248. The molecule has 0 fully saturated rings. The third kappa shape index (κ3) is 5.46. The average molecular weight is 318 g/mol. The van der Waals surface area contributed by atoms with Gasteiger partial charge in [0.1, 0.15) is 5.82 Å². The van der Waals surface area contributed by atoms with Gasteiger partial charge in [-0.25, -0.2) is 4.39 Å². The van der Waals surface area contributed by atoms with Gasteiger partial charge in [-0.15, -0.1) is 0 Å². The first kappa shape index (κ1) is 15.6. The van der Waals surface area contributed by atoms with Crippen LogP contribution in [0.3, 0.4) is 0 Å². The Labute approximate surface area is 117 Å². The number of aliphatic hydroxyl groups excluding tert-OH is 1. The molecule has 0 heterocycles. The molecule has 1 rings (SSSR count). The number of rotatable bonds is 8. The maximum atomic E-state index is 13.1. The number of nitrogens with one attached hydrogen (secondary N) is 1. The van der Waals surface area contributed by atoms with Crippen molar-refractivity contribution < 1.29 is 9.50 Å². The molecule has 1 unspecified atom stereocenters. The Morgan fingerprint density at radius 2 is 2.17 bits per heavy atom. The van der Waals surface area contributed by atoms with Gasteiger partial charge in [0.05, 0.1) is 4.47 Å². The second-order valence-corrected chi connectivity index (χ2v) is 5.40. The van der Waals surface area contributed by atoms with Gasteiger partial charge in [0.25, 0.3) is 0 Å². The molecule has 102 valence electrons. The molecule has 0 saturated carbocycles. The highest BCUT2D eigenvalue weighted by molar-refractivity contribution is 9.10. The topological polar surface area (TPSA) is 32.3 Å². The minimum atomic E-state index is -0.233. The zero-order valence-electron chi connectivity index (χ0n) is 10.8. The Morgan fingerprint density at radius 3 is 2.78 bits per heavy atom. The van der Waals surface area contributed by atoms with Crippen LogP contribution >= 0.6 is 15.9 Å². The molecular weight excluding hydrogens is 297 g/mol. The highest BCUT2D eigenvalue weighted by Crippen LogP contribution is 2.17. The van der Waals surface area contributed by atoms with Crippen molar-refractivity contribution in [3.8, 4) is 0 Å². The minimum Gasteiger partial charge on any atom is -0.396 e. The van der Waals surface area contributed by atoms with Gasteiger partial charge in [0.15, 0.2) is 0 Å². The minimum absolute atomic E-state index is 0.233. The monoisotopic (exact) mass is 317 g/mol. The van der Waals surface area contributed by atoms with E-state index in [1.807, 2.05) is 0 Å². The van der Waals surface area contributed by atoms with Gasteiger partial charge in [-0.1, -0.05) is 19.4 Å². The van der Waals surface area contributed by atoms with E-state index in [9.17, 15) is 4.39 Å². The summed E-state index contributed by atoms with van der Waals surface area (Å²) in [5.74, 6) is 0.284. The number of benzene rings is 1. The highest BCUT2D eigenvalue weighted by Gasteiger charge is 2.07. The van der Waals surface area contributed by atoms with Crippen LogP contribution in [0.1, 0.15) is 31.7 Å². The van der Waals surface area contributed by atoms with Gasteiger partial charge in [0.2, 0.25) is 0 Å². The van der Waals surface area contributed by atoms with E-state index in [4.69, 9.17) is 5.11 Å². The van der Waals surface area contributed by atoms with Crippen LogP contribution in [0.2, 0.25) is 0 Å². The Balaban J connectivity index is 2.37. The maximum Gasteiger partial charge on any atom is 0.137 e. The van der Waals surface area contributed by atoms with Crippen molar-refractivity contribution in [3.05, 3.63) is 34.1 Å². The van der Waals surface area contributed by atoms with Crippen molar-refractivity contribution in [1.29, 1.82) is 0 Å². The van der Waals surface area contributed by atoms with E-state index in [0.29, 0.717) is 10.4 Å². The van der Waals surface area contributed by atoms with E-state index >= 15 is 0 Å². The Hall–Kier alpha value is -0.450. The van der Waals surface area contributed by atoms with E-state index < -0.39 is 0 Å². The van der Waals surface area contributed by atoms with Gasteiger partial charge in [-0.3, -0.25) is 0 Å². The van der Waals surface area contributed by atoms with Crippen LogP contribution in [0.5, 0.6) is 0 Å². The molecule has 0 aliphatic heterocycles. The van der Waals surface area contributed by atoms with Gasteiger partial charge in [0, 0.05) is 13.2 Å². The van der Waals surface area contributed by atoms with Crippen LogP contribution in [0.4, 0.5) is 4.39 Å². The molecule has 2 N–H and O–H groups in total. The van der Waals surface area contributed by atoms with Crippen LogP contribution in [0.25, 0.3) is 0 Å². The van der Waals surface area contributed by atoms with Crippen molar-refractivity contribution >= 4 is 15.9 Å². The molecule has 0 amide bonds. The predicted octanol–water partition coefficient (Wildman–Crippen LogP) is 3.48. The first-order valence-electron chi connectivity index (χ1n) is 6.42. The van der Waals surface area contributed by atoms with Gasteiger partial charge >= 0.3 is 0 Å². The molecule has 0 radical (unpaired) electrons. The third-order valence-corrected chi connectivity index (χ3v) is 3.59. The number of aliphatic hydroxyl groups is 1. The molecule has 2 nitrogen and oxygen atoms in total. The molecule has 0 aliphatic carbocycles. The third-order valence-electron chi connectivity index (χ3n) is 2.98. The summed E-state index contributed by atoms with van der Waals surface area (Å²) in [6, 6.07) is 5.05. The molecule has 4 heteroatoms. The fraction of sp³-hybridized carbons (Fsp3) is 0.571. The first-order valence-corrected chi connectivity index (χ1v) is 7.22.